The van der Waals surface area contributed by atoms with Crippen LogP contribution in [-0.4, -0.2) is 23.4 Å². The minimum absolute atomic E-state index is 0.0861. The first-order valence-corrected chi connectivity index (χ1v) is 10.6. The average Bonchev–Trinajstić information content (AvgIpc) is 3.36. The summed E-state index contributed by atoms with van der Waals surface area (Å²) in [6.07, 6.45) is 1.26. The number of ether oxygens (including phenoxy) is 1. The Morgan fingerprint density at radius 3 is 2.73 bits per heavy atom. The van der Waals surface area contributed by atoms with Gasteiger partial charge in [-0.25, -0.2) is 4.79 Å². The molecule has 0 aliphatic rings. The smallest absolute Gasteiger partial charge is 0.341 e. The number of carbonyl (C=O) groups is 2. The van der Waals surface area contributed by atoms with E-state index in [1.807, 2.05) is 13.0 Å². The molecule has 1 amide bonds. The summed E-state index contributed by atoms with van der Waals surface area (Å²) in [7, 11) is 0. The molecule has 0 saturated heterocycles. The molecule has 10 heteroatoms. The van der Waals surface area contributed by atoms with E-state index in [1.54, 1.807) is 32.0 Å². The molecule has 0 fully saturated rings. The molecule has 0 aliphatic heterocycles. The van der Waals surface area contributed by atoms with E-state index in [-0.39, 0.29) is 29.2 Å². The van der Waals surface area contributed by atoms with Crippen LogP contribution in [0.1, 0.15) is 33.5 Å². The number of thiophene rings is 1. The van der Waals surface area contributed by atoms with Gasteiger partial charge < -0.3 is 14.5 Å². The van der Waals surface area contributed by atoms with Crippen LogP contribution in [-0.2, 0) is 9.53 Å². The standard InChI is InChI=1S/C23H19N3O6S/c1-4-31-23(28)20-13(2)14(3)33-22(20)25-21(27)16(12-24)11-18-8-9-19(32-18)15-6-5-7-17(10-15)26(29)30/h5-11H,4H2,1-3H3,(H,25,27)/b16-11+. The SMILES string of the molecule is CCOC(=O)c1c(NC(=O)/C(C#N)=C/c2ccc(-c3cccc([N+](=O)[O-])c3)o2)sc(C)c1C. The highest BCUT2D eigenvalue weighted by Crippen LogP contribution is 2.33. The van der Waals surface area contributed by atoms with Crippen LogP contribution in [0, 0.1) is 35.3 Å². The van der Waals surface area contributed by atoms with Gasteiger partial charge >= 0.3 is 5.97 Å². The number of furan rings is 1. The second kappa shape index (κ2) is 9.93. The molecule has 1 N–H and O–H groups in total. The third-order valence-corrected chi connectivity index (χ3v) is 5.83. The van der Waals surface area contributed by atoms with Gasteiger partial charge in [-0.2, -0.15) is 5.26 Å². The van der Waals surface area contributed by atoms with Crippen molar-refractivity contribution in [2.24, 2.45) is 0 Å². The van der Waals surface area contributed by atoms with Crippen LogP contribution >= 0.6 is 11.3 Å². The highest BCUT2D eigenvalue weighted by Gasteiger charge is 2.23. The van der Waals surface area contributed by atoms with E-state index in [1.165, 1.54) is 35.6 Å². The van der Waals surface area contributed by atoms with Gasteiger partial charge in [-0.1, -0.05) is 12.1 Å². The molecule has 3 rings (SSSR count). The summed E-state index contributed by atoms with van der Waals surface area (Å²) in [4.78, 5) is 36.4. The monoisotopic (exact) mass is 465 g/mol. The molecule has 9 nitrogen and oxygen atoms in total. The quantitative estimate of drug-likeness (QED) is 0.165. The fourth-order valence-corrected chi connectivity index (χ4v) is 4.03. The molecule has 0 unspecified atom stereocenters. The number of nitrogens with zero attached hydrogens (tertiary/aromatic N) is 2. The van der Waals surface area contributed by atoms with E-state index < -0.39 is 16.8 Å². The number of esters is 1. The lowest BCUT2D eigenvalue weighted by atomic mass is 10.1. The summed E-state index contributed by atoms with van der Waals surface area (Å²) in [5.41, 5.74) is 1.11. The van der Waals surface area contributed by atoms with Gasteiger partial charge in [-0.3, -0.25) is 14.9 Å². The first-order chi connectivity index (χ1) is 15.7. The number of non-ortho nitro benzene ring substituents is 1. The Bertz CT molecular complexity index is 1310. The minimum atomic E-state index is -0.711. The zero-order valence-electron chi connectivity index (χ0n) is 18.0. The summed E-state index contributed by atoms with van der Waals surface area (Å²) < 4.78 is 10.7. The molecule has 0 atom stereocenters. The lowest BCUT2D eigenvalue weighted by molar-refractivity contribution is -0.384. The van der Waals surface area contributed by atoms with E-state index in [4.69, 9.17) is 9.15 Å². The Morgan fingerprint density at radius 1 is 1.30 bits per heavy atom. The number of nitro groups is 1. The van der Waals surface area contributed by atoms with E-state index in [0.717, 1.165) is 4.88 Å². The molecule has 0 spiro atoms. The second-order valence-electron chi connectivity index (χ2n) is 6.84. The first-order valence-electron chi connectivity index (χ1n) is 9.80. The topological polar surface area (TPSA) is 135 Å². The zero-order chi connectivity index (χ0) is 24.1. The van der Waals surface area contributed by atoms with E-state index >= 15 is 0 Å². The summed E-state index contributed by atoms with van der Waals surface area (Å²) in [5.74, 6) is -0.702. The highest BCUT2D eigenvalue weighted by atomic mass is 32.1. The number of anilines is 1. The van der Waals surface area contributed by atoms with Crippen molar-refractivity contribution in [3.63, 3.8) is 0 Å². The van der Waals surface area contributed by atoms with Crippen LogP contribution in [0.5, 0.6) is 0 Å². The van der Waals surface area contributed by atoms with Crippen molar-refractivity contribution >= 4 is 40.0 Å². The molecule has 2 heterocycles. The van der Waals surface area contributed by atoms with Gasteiger partial charge in [0.05, 0.1) is 17.1 Å². The Labute approximate surface area is 193 Å². The minimum Gasteiger partial charge on any atom is -0.462 e. The van der Waals surface area contributed by atoms with Crippen molar-refractivity contribution < 1.29 is 23.7 Å². The third-order valence-electron chi connectivity index (χ3n) is 4.71. The predicted octanol–water partition coefficient (Wildman–Crippen LogP) is 5.26. The summed E-state index contributed by atoms with van der Waals surface area (Å²) in [6, 6.07) is 10.9. The summed E-state index contributed by atoms with van der Waals surface area (Å²) in [5, 5.41) is 23.4. The van der Waals surface area contributed by atoms with Gasteiger partial charge in [0.15, 0.2) is 0 Å². The number of nitro benzene ring substituents is 1. The highest BCUT2D eigenvalue weighted by molar-refractivity contribution is 7.16. The molecule has 1 aromatic carbocycles. The van der Waals surface area contributed by atoms with Gasteiger partial charge in [0.1, 0.15) is 28.2 Å². The van der Waals surface area contributed by atoms with Crippen LogP contribution < -0.4 is 5.32 Å². The largest absolute Gasteiger partial charge is 0.462 e. The fraction of sp³-hybridized carbons (Fsp3) is 0.174. The van der Waals surface area contributed by atoms with Crippen LogP contribution in [0.15, 0.2) is 46.4 Å². The number of nitrogens with one attached hydrogen (secondary N) is 1. The number of aryl methyl sites for hydroxylation is 1. The van der Waals surface area contributed by atoms with Gasteiger partial charge in [0.25, 0.3) is 11.6 Å². The van der Waals surface area contributed by atoms with Gasteiger partial charge in [0.2, 0.25) is 0 Å². The molecule has 0 bridgehead atoms. The first kappa shape index (κ1) is 23.4. The lowest BCUT2D eigenvalue weighted by Gasteiger charge is -2.06. The molecular formula is C23H19N3O6S. The van der Waals surface area contributed by atoms with Crippen LogP contribution in [0.2, 0.25) is 0 Å². The Morgan fingerprint density at radius 2 is 2.06 bits per heavy atom. The molecular weight excluding hydrogens is 446 g/mol. The maximum absolute atomic E-state index is 12.7. The predicted molar refractivity (Wildman–Crippen MR) is 123 cm³/mol. The van der Waals surface area contributed by atoms with Crippen molar-refractivity contribution in [3.05, 3.63) is 73.8 Å². The van der Waals surface area contributed by atoms with Crippen molar-refractivity contribution in [3.8, 4) is 17.4 Å². The number of hydrogen-bond donors (Lipinski definition) is 1. The molecule has 33 heavy (non-hydrogen) atoms. The van der Waals surface area contributed by atoms with Gasteiger partial charge in [-0.15, -0.1) is 11.3 Å². The normalized spacial score (nSPS) is 11.0. The van der Waals surface area contributed by atoms with E-state index in [2.05, 4.69) is 5.32 Å². The Balaban J connectivity index is 1.86. The van der Waals surface area contributed by atoms with E-state index in [0.29, 0.717) is 21.9 Å². The number of carbonyl (C=O) groups excluding carboxylic acids is 2. The number of rotatable bonds is 7. The maximum Gasteiger partial charge on any atom is 0.341 e. The number of amides is 1. The Hall–Kier alpha value is -4.23. The van der Waals surface area contributed by atoms with Crippen molar-refractivity contribution in [2.75, 3.05) is 11.9 Å². The third kappa shape index (κ3) is 5.16. The van der Waals surface area contributed by atoms with Crippen molar-refractivity contribution in [1.82, 2.24) is 0 Å². The molecule has 0 saturated carbocycles. The van der Waals surface area contributed by atoms with Crippen molar-refractivity contribution in [1.29, 1.82) is 5.26 Å². The van der Waals surface area contributed by atoms with E-state index in [9.17, 15) is 25.0 Å². The molecule has 0 radical (unpaired) electrons. The second-order valence-corrected chi connectivity index (χ2v) is 8.07. The maximum atomic E-state index is 12.7. The Kier molecular flexibility index (Phi) is 7.05. The molecule has 3 aromatic rings. The van der Waals surface area contributed by atoms with Crippen LogP contribution in [0.4, 0.5) is 10.7 Å². The average molecular weight is 465 g/mol. The molecule has 2 aromatic heterocycles. The lowest BCUT2D eigenvalue weighted by Crippen LogP contribution is -2.16. The van der Waals surface area contributed by atoms with Gasteiger partial charge in [0, 0.05) is 28.6 Å². The van der Waals surface area contributed by atoms with Crippen LogP contribution in [0.25, 0.3) is 17.4 Å². The van der Waals surface area contributed by atoms with Gasteiger partial charge in [-0.05, 0) is 38.5 Å². The fourth-order valence-electron chi connectivity index (χ4n) is 2.98. The van der Waals surface area contributed by atoms with Crippen molar-refractivity contribution in [2.45, 2.75) is 20.8 Å². The summed E-state index contributed by atoms with van der Waals surface area (Å²) in [6.45, 7) is 5.45. The number of benzene rings is 1. The number of nitriles is 1. The number of hydrogen-bond acceptors (Lipinski definition) is 8. The molecule has 0 aliphatic carbocycles. The molecule has 168 valence electrons. The zero-order valence-corrected chi connectivity index (χ0v) is 18.8. The van der Waals surface area contributed by atoms with Crippen LogP contribution in [0.3, 0.4) is 0 Å². The summed E-state index contributed by atoms with van der Waals surface area (Å²) >= 11 is 1.21.